The molecule has 0 aliphatic rings. The molecular formula is C13H16NO5S-. The van der Waals surface area contributed by atoms with Crippen LogP contribution in [0.25, 0.3) is 0 Å². The number of aliphatic carboxylic acids is 2. The number of carboxylic acids is 2. The molecule has 2 N–H and O–H groups in total. The molecule has 7 heteroatoms. The van der Waals surface area contributed by atoms with Crippen LogP contribution in [0, 0.1) is 5.92 Å². The van der Waals surface area contributed by atoms with Gasteiger partial charge in [0.25, 0.3) is 0 Å². The second-order valence-electron chi connectivity index (χ2n) is 4.23. The summed E-state index contributed by atoms with van der Waals surface area (Å²) in [4.78, 5) is 21.4. The Kier molecular flexibility index (Phi) is 6.72. The molecule has 0 aliphatic heterocycles. The van der Waals surface area contributed by atoms with Crippen molar-refractivity contribution in [1.29, 1.82) is 0 Å². The van der Waals surface area contributed by atoms with Gasteiger partial charge >= 0.3 is 11.9 Å². The highest BCUT2D eigenvalue weighted by Gasteiger charge is 2.16. The van der Waals surface area contributed by atoms with E-state index in [-0.39, 0.29) is 25.1 Å². The number of hydrogen-bond donors (Lipinski definition) is 2. The van der Waals surface area contributed by atoms with Gasteiger partial charge in [-0.1, -0.05) is 41.6 Å². The molecule has 0 saturated heterocycles. The first-order chi connectivity index (χ1) is 9.49. The minimum Gasteiger partial charge on any atom is -0.481 e. The minimum atomic E-state index is -1.51. The summed E-state index contributed by atoms with van der Waals surface area (Å²) in [5.74, 6) is -2.86. The molecule has 1 aromatic carbocycles. The summed E-state index contributed by atoms with van der Waals surface area (Å²) in [6.07, 6.45) is -0.255. The van der Waals surface area contributed by atoms with E-state index in [1.165, 1.54) is 0 Å². The van der Waals surface area contributed by atoms with Crippen LogP contribution in [-0.2, 0) is 30.1 Å². The molecule has 110 valence electrons. The Hall–Kier alpha value is -1.89. The van der Waals surface area contributed by atoms with Crippen molar-refractivity contribution in [2.45, 2.75) is 18.6 Å². The van der Waals surface area contributed by atoms with Crippen molar-refractivity contribution < 1.29 is 24.0 Å². The standard InChI is InChI=1S/C13H16NO5S/c15-12(16)7-6-11(13(17)18)8-14-20(19)9-10-4-2-1-3-5-10/h1-5,11H,6-9H2,(H,15,16)(H,17,18)/q-1. The van der Waals surface area contributed by atoms with Crippen molar-refractivity contribution in [2.24, 2.45) is 10.3 Å². The summed E-state index contributed by atoms with van der Waals surface area (Å²) < 4.78 is 15.5. The number of carboxylic acid groups (broad SMARTS) is 2. The summed E-state index contributed by atoms with van der Waals surface area (Å²) in [6, 6.07) is 9.11. The Morgan fingerprint density at radius 1 is 1.20 bits per heavy atom. The predicted molar refractivity (Wildman–Crippen MR) is 73.5 cm³/mol. The van der Waals surface area contributed by atoms with Gasteiger partial charge in [0, 0.05) is 13.0 Å². The highest BCUT2D eigenvalue weighted by molar-refractivity contribution is 7.73. The summed E-state index contributed by atoms with van der Waals surface area (Å²) >= 11 is 0. The normalized spacial score (nSPS) is 13.8. The van der Waals surface area contributed by atoms with Gasteiger partial charge in [-0.05, 0) is 6.42 Å². The van der Waals surface area contributed by atoms with E-state index in [4.69, 9.17) is 10.2 Å². The van der Waals surface area contributed by atoms with E-state index in [0.29, 0.717) is 0 Å². The fraction of sp³-hybridized carbons (Fsp3) is 0.385. The maximum Gasteiger partial charge on any atom is 0.308 e. The predicted octanol–water partition coefficient (Wildman–Crippen LogP) is 1.90. The van der Waals surface area contributed by atoms with E-state index in [9.17, 15) is 13.8 Å². The van der Waals surface area contributed by atoms with Crippen LogP contribution >= 0.6 is 0 Å². The Bertz CT molecular complexity index is 537. The fourth-order valence-corrected chi connectivity index (χ4v) is 2.44. The van der Waals surface area contributed by atoms with Crippen LogP contribution in [0.15, 0.2) is 34.7 Å². The van der Waals surface area contributed by atoms with Gasteiger partial charge in [-0.3, -0.25) is 9.59 Å². The second kappa shape index (κ2) is 8.31. The van der Waals surface area contributed by atoms with Gasteiger partial charge in [0.15, 0.2) is 0 Å². The summed E-state index contributed by atoms with van der Waals surface area (Å²) in [5, 5.41) is 17.5. The lowest BCUT2D eigenvalue weighted by atomic mass is 10.0. The average Bonchev–Trinajstić information content (AvgIpc) is 2.39. The molecule has 1 atom stereocenters. The van der Waals surface area contributed by atoms with Crippen LogP contribution < -0.4 is 0 Å². The number of rotatable bonds is 8. The molecule has 1 rings (SSSR count). The maximum absolute atomic E-state index is 11.7. The first kappa shape index (κ1) is 16.2. The Balaban J connectivity index is 2.56. The number of benzene rings is 1. The van der Waals surface area contributed by atoms with Gasteiger partial charge in [-0.15, -0.1) is 0 Å². The smallest absolute Gasteiger partial charge is 0.308 e. The van der Waals surface area contributed by atoms with E-state index in [2.05, 4.69) is 4.36 Å². The van der Waals surface area contributed by atoms with E-state index in [1.54, 1.807) is 0 Å². The van der Waals surface area contributed by atoms with Crippen molar-refractivity contribution >= 4 is 22.5 Å². The van der Waals surface area contributed by atoms with Crippen LogP contribution in [0.3, 0.4) is 0 Å². The topological polar surface area (TPSA) is 104 Å². The molecular weight excluding hydrogens is 282 g/mol. The lowest BCUT2D eigenvalue weighted by Gasteiger charge is -2.11. The van der Waals surface area contributed by atoms with Crippen molar-refractivity contribution in [3.8, 4) is 0 Å². The van der Waals surface area contributed by atoms with Crippen molar-refractivity contribution in [1.82, 2.24) is 0 Å². The number of hydrogen-bond acceptors (Lipinski definition) is 5. The third-order valence-electron chi connectivity index (χ3n) is 2.63. The van der Waals surface area contributed by atoms with Gasteiger partial charge in [-0.25, -0.2) is 0 Å². The zero-order valence-corrected chi connectivity index (χ0v) is 11.6. The SMILES string of the molecule is O=C(O)CCC(CN=[S-](=O)Cc1ccccc1)C(=O)O. The molecule has 0 radical (unpaired) electrons. The Morgan fingerprint density at radius 2 is 1.85 bits per heavy atom. The zero-order valence-electron chi connectivity index (χ0n) is 10.8. The highest BCUT2D eigenvalue weighted by atomic mass is 32.2. The molecule has 1 unspecified atom stereocenters. The van der Waals surface area contributed by atoms with Gasteiger partial charge in [-0.2, -0.15) is 10.6 Å². The molecule has 1 aromatic rings. The lowest BCUT2D eigenvalue weighted by molar-refractivity contribution is -0.142. The number of nitrogens with zero attached hydrogens (tertiary/aromatic N) is 1. The van der Waals surface area contributed by atoms with Crippen molar-refractivity contribution in [3.05, 3.63) is 35.9 Å². The van der Waals surface area contributed by atoms with Gasteiger partial charge in [0.1, 0.15) is 0 Å². The van der Waals surface area contributed by atoms with Gasteiger partial charge in [0.05, 0.1) is 5.92 Å². The van der Waals surface area contributed by atoms with Crippen LogP contribution in [-0.4, -0.2) is 28.7 Å². The summed E-state index contributed by atoms with van der Waals surface area (Å²) in [5.41, 5.74) is 0.854. The average molecular weight is 298 g/mol. The lowest BCUT2D eigenvalue weighted by Crippen LogP contribution is -2.18. The van der Waals surface area contributed by atoms with E-state index < -0.39 is 28.5 Å². The zero-order chi connectivity index (χ0) is 15.0. The quantitative estimate of drug-likeness (QED) is 0.713. The van der Waals surface area contributed by atoms with Crippen LogP contribution in [0.2, 0.25) is 0 Å². The molecule has 6 nitrogen and oxygen atoms in total. The van der Waals surface area contributed by atoms with Crippen LogP contribution in [0.5, 0.6) is 0 Å². The first-order valence-corrected chi connectivity index (χ1v) is 7.31. The third kappa shape index (κ3) is 6.33. The third-order valence-corrected chi connectivity index (χ3v) is 3.65. The van der Waals surface area contributed by atoms with E-state index in [0.717, 1.165) is 5.56 Å². The highest BCUT2D eigenvalue weighted by Crippen LogP contribution is 2.09. The molecule has 0 amide bonds. The Labute approximate surface area is 118 Å². The van der Waals surface area contributed by atoms with Crippen LogP contribution in [0.4, 0.5) is 0 Å². The van der Waals surface area contributed by atoms with Crippen molar-refractivity contribution in [2.75, 3.05) is 6.54 Å². The van der Waals surface area contributed by atoms with Gasteiger partial charge < -0.3 is 18.8 Å². The summed E-state index contributed by atoms with van der Waals surface area (Å²) in [6.45, 7) is -0.137. The largest absolute Gasteiger partial charge is 0.481 e. The molecule has 0 bridgehead atoms. The van der Waals surface area contributed by atoms with Crippen LogP contribution in [0.1, 0.15) is 18.4 Å². The molecule has 0 fully saturated rings. The maximum atomic E-state index is 11.7. The van der Waals surface area contributed by atoms with E-state index in [1.807, 2.05) is 30.3 Å². The molecule has 0 aliphatic carbocycles. The van der Waals surface area contributed by atoms with Crippen molar-refractivity contribution in [3.63, 3.8) is 0 Å². The molecule has 0 saturated carbocycles. The molecule has 0 aromatic heterocycles. The molecule has 0 heterocycles. The molecule has 20 heavy (non-hydrogen) atoms. The Morgan fingerprint density at radius 3 is 2.40 bits per heavy atom. The number of carbonyl (C=O) groups is 2. The molecule has 0 spiro atoms. The minimum absolute atomic E-state index is 0.0172. The van der Waals surface area contributed by atoms with E-state index >= 15 is 0 Å². The monoisotopic (exact) mass is 298 g/mol. The van der Waals surface area contributed by atoms with Gasteiger partial charge in [0.2, 0.25) is 0 Å². The summed E-state index contributed by atoms with van der Waals surface area (Å²) in [7, 11) is -1.51. The second-order valence-corrected chi connectivity index (χ2v) is 5.42. The first-order valence-electron chi connectivity index (χ1n) is 6.03. The fourth-order valence-electron chi connectivity index (χ4n) is 1.53.